The molecular weight excluding hydrogens is 340 g/mol. The molecule has 0 aliphatic carbocycles. The van der Waals surface area contributed by atoms with Crippen molar-refractivity contribution in [1.82, 2.24) is 14.9 Å². The predicted molar refractivity (Wildman–Crippen MR) is 106 cm³/mol. The van der Waals surface area contributed by atoms with Crippen LogP contribution >= 0.6 is 0 Å². The number of ether oxygens (including phenoxy) is 1. The second-order valence-electron chi connectivity index (χ2n) is 6.96. The SMILES string of the molecule is COCCCNc1nccc(C(=O)N2CCC(Cc3ccccc3)CC2)n1. The van der Waals surface area contributed by atoms with E-state index >= 15 is 0 Å². The van der Waals surface area contributed by atoms with Gasteiger partial charge in [0.15, 0.2) is 0 Å². The van der Waals surface area contributed by atoms with Crippen LogP contribution in [0.2, 0.25) is 0 Å². The highest BCUT2D eigenvalue weighted by Crippen LogP contribution is 2.22. The Kier molecular flexibility index (Phi) is 7.16. The van der Waals surface area contributed by atoms with Crippen molar-refractivity contribution in [3.05, 3.63) is 53.9 Å². The molecule has 144 valence electrons. The molecule has 0 saturated carbocycles. The Labute approximate surface area is 161 Å². The molecule has 1 fully saturated rings. The number of benzene rings is 1. The van der Waals surface area contributed by atoms with Gasteiger partial charge in [0.25, 0.3) is 5.91 Å². The van der Waals surface area contributed by atoms with Crippen LogP contribution in [0.5, 0.6) is 0 Å². The van der Waals surface area contributed by atoms with Crippen molar-refractivity contribution >= 4 is 11.9 Å². The normalized spacial score (nSPS) is 14.9. The summed E-state index contributed by atoms with van der Waals surface area (Å²) in [4.78, 5) is 23.3. The number of anilines is 1. The van der Waals surface area contributed by atoms with Crippen LogP contribution in [0.3, 0.4) is 0 Å². The molecule has 1 amide bonds. The number of piperidine rings is 1. The lowest BCUT2D eigenvalue weighted by Gasteiger charge is -2.32. The largest absolute Gasteiger partial charge is 0.385 e. The van der Waals surface area contributed by atoms with Crippen molar-refractivity contribution in [2.45, 2.75) is 25.7 Å². The molecule has 2 heterocycles. The van der Waals surface area contributed by atoms with E-state index in [-0.39, 0.29) is 5.91 Å². The van der Waals surface area contributed by atoms with Crippen LogP contribution in [0.25, 0.3) is 0 Å². The van der Waals surface area contributed by atoms with Gasteiger partial charge in [-0.15, -0.1) is 0 Å². The molecule has 6 heteroatoms. The number of hydrogen-bond acceptors (Lipinski definition) is 5. The fourth-order valence-electron chi connectivity index (χ4n) is 3.43. The molecular formula is C21H28N4O2. The van der Waals surface area contributed by atoms with Crippen molar-refractivity contribution in [1.29, 1.82) is 0 Å². The van der Waals surface area contributed by atoms with Crippen molar-refractivity contribution < 1.29 is 9.53 Å². The molecule has 1 aliphatic heterocycles. The monoisotopic (exact) mass is 368 g/mol. The number of nitrogens with zero attached hydrogens (tertiary/aromatic N) is 3. The van der Waals surface area contributed by atoms with Crippen molar-refractivity contribution in [3.63, 3.8) is 0 Å². The van der Waals surface area contributed by atoms with Crippen LogP contribution in [-0.4, -0.2) is 54.1 Å². The molecule has 3 rings (SSSR count). The van der Waals surface area contributed by atoms with Crippen molar-refractivity contribution in [3.8, 4) is 0 Å². The lowest BCUT2D eigenvalue weighted by molar-refractivity contribution is 0.0684. The summed E-state index contributed by atoms with van der Waals surface area (Å²) < 4.78 is 5.03. The quantitative estimate of drug-likeness (QED) is 0.726. The van der Waals surface area contributed by atoms with Gasteiger partial charge < -0.3 is 15.0 Å². The summed E-state index contributed by atoms with van der Waals surface area (Å²) in [7, 11) is 1.68. The minimum absolute atomic E-state index is 0.00416. The lowest BCUT2D eigenvalue weighted by atomic mass is 9.90. The fourth-order valence-corrected chi connectivity index (χ4v) is 3.43. The van der Waals surface area contributed by atoms with E-state index in [4.69, 9.17) is 4.74 Å². The smallest absolute Gasteiger partial charge is 0.272 e. The van der Waals surface area contributed by atoms with Gasteiger partial charge in [-0.05, 0) is 43.2 Å². The maximum atomic E-state index is 12.8. The van der Waals surface area contributed by atoms with E-state index in [1.807, 2.05) is 11.0 Å². The third kappa shape index (κ3) is 5.76. The second-order valence-corrected chi connectivity index (χ2v) is 6.96. The number of hydrogen-bond donors (Lipinski definition) is 1. The molecule has 1 aliphatic rings. The molecule has 0 spiro atoms. The van der Waals surface area contributed by atoms with Crippen molar-refractivity contribution in [2.75, 3.05) is 38.7 Å². The van der Waals surface area contributed by atoms with Gasteiger partial charge in [0.2, 0.25) is 5.95 Å². The average molecular weight is 368 g/mol. The number of carbonyl (C=O) groups is 1. The highest BCUT2D eigenvalue weighted by molar-refractivity contribution is 5.92. The Morgan fingerprint density at radius 1 is 1.22 bits per heavy atom. The van der Waals surface area contributed by atoms with E-state index in [1.165, 1.54) is 5.56 Å². The number of likely N-dealkylation sites (tertiary alicyclic amines) is 1. The number of aromatic nitrogens is 2. The molecule has 0 unspecified atom stereocenters. The van der Waals surface area contributed by atoms with Gasteiger partial charge in [-0.25, -0.2) is 9.97 Å². The summed E-state index contributed by atoms with van der Waals surface area (Å²) in [6.45, 7) is 2.98. The highest BCUT2D eigenvalue weighted by atomic mass is 16.5. The van der Waals surface area contributed by atoms with Gasteiger partial charge in [0.1, 0.15) is 5.69 Å². The Morgan fingerprint density at radius 2 is 2.00 bits per heavy atom. The first kappa shape index (κ1) is 19.3. The predicted octanol–water partition coefficient (Wildman–Crippen LogP) is 3.02. The van der Waals surface area contributed by atoms with Crippen LogP contribution in [0.15, 0.2) is 42.6 Å². The molecule has 1 saturated heterocycles. The molecule has 0 bridgehead atoms. The number of amides is 1. The molecule has 1 aromatic heterocycles. The van der Waals surface area contributed by atoms with Gasteiger partial charge in [-0.3, -0.25) is 4.79 Å². The Balaban J connectivity index is 1.50. The zero-order valence-corrected chi connectivity index (χ0v) is 15.9. The van der Waals surface area contributed by atoms with Crippen LogP contribution in [0, 0.1) is 5.92 Å². The topological polar surface area (TPSA) is 67.3 Å². The standard InChI is InChI=1S/C21H28N4O2/c1-27-15-5-11-22-21-23-12-8-19(24-21)20(26)25-13-9-18(10-14-25)16-17-6-3-2-4-7-17/h2-4,6-8,12,18H,5,9-11,13-16H2,1H3,(H,22,23,24). The zero-order valence-electron chi connectivity index (χ0n) is 15.9. The number of carbonyl (C=O) groups excluding carboxylic acids is 1. The summed E-state index contributed by atoms with van der Waals surface area (Å²) in [5.74, 6) is 1.13. The van der Waals surface area contributed by atoms with Gasteiger partial charge in [-0.2, -0.15) is 0 Å². The summed E-state index contributed by atoms with van der Waals surface area (Å²) >= 11 is 0. The molecule has 6 nitrogen and oxygen atoms in total. The average Bonchev–Trinajstić information content (AvgIpc) is 2.72. The number of methoxy groups -OCH3 is 1. The molecule has 0 atom stereocenters. The number of nitrogens with one attached hydrogen (secondary N) is 1. The van der Waals surface area contributed by atoms with E-state index in [0.717, 1.165) is 45.3 Å². The minimum Gasteiger partial charge on any atom is -0.385 e. The Hall–Kier alpha value is -2.47. The minimum atomic E-state index is -0.00416. The van der Waals surface area contributed by atoms with E-state index in [1.54, 1.807) is 19.4 Å². The maximum Gasteiger partial charge on any atom is 0.272 e. The Morgan fingerprint density at radius 3 is 2.74 bits per heavy atom. The van der Waals surface area contributed by atoms with Crippen molar-refractivity contribution in [2.24, 2.45) is 5.92 Å². The third-order valence-electron chi connectivity index (χ3n) is 4.95. The van der Waals surface area contributed by atoms with Crippen LogP contribution in [0.4, 0.5) is 5.95 Å². The lowest BCUT2D eigenvalue weighted by Crippen LogP contribution is -2.39. The van der Waals surface area contributed by atoms with Crippen LogP contribution in [0.1, 0.15) is 35.3 Å². The first-order chi connectivity index (χ1) is 13.3. The van der Waals surface area contributed by atoms with Crippen LogP contribution < -0.4 is 5.32 Å². The fraction of sp³-hybridized carbons (Fsp3) is 0.476. The molecule has 0 radical (unpaired) electrons. The van der Waals surface area contributed by atoms with Crippen LogP contribution in [-0.2, 0) is 11.2 Å². The molecule has 2 aromatic rings. The van der Waals surface area contributed by atoms with E-state index in [9.17, 15) is 4.79 Å². The number of rotatable bonds is 8. The Bertz CT molecular complexity index is 715. The summed E-state index contributed by atoms with van der Waals surface area (Å²) in [6.07, 6.45) is 5.67. The molecule has 1 N–H and O–H groups in total. The zero-order chi connectivity index (χ0) is 18.9. The molecule has 1 aromatic carbocycles. The van der Waals surface area contributed by atoms with Gasteiger partial charge in [0.05, 0.1) is 0 Å². The highest BCUT2D eigenvalue weighted by Gasteiger charge is 2.24. The second kappa shape index (κ2) is 10.0. The van der Waals surface area contributed by atoms with Gasteiger partial charge >= 0.3 is 0 Å². The third-order valence-corrected chi connectivity index (χ3v) is 4.95. The van der Waals surface area contributed by atoms with E-state index in [0.29, 0.717) is 24.2 Å². The first-order valence-electron chi connectivity index (χ1n) is 9.65. The first-order valence-corrected chi connectivity index (χ1v) is 9.65. The van der Waals surface area contributed by atoms with E-state index < -0.39 is 0 Å². The van der Waals surface area contributed by atoms with E-state index in [2.05, 4.69) is 39.6 Å². The molecule has 27 heavy (non-hydrogen) atoms. The summed E-state index contributed by atoms with van der Waals surface area (Å²) in [5.41, 5.74) is 1.84. The van der Waals surface area contributed by atoms with Gasteiger partial charge in [0, 0.05) is 39.5 Å². The summed E-state index contributed by atoms with van der Waals surface area (Å²) in [6, 6.07) is 12.3. The van der Waals surface area contributed by atoms with Gasteiger partial charge in [-0.1, -0.05) is 30.3 Å². The summed E-state index contributed by atoms with van der Waals surface area (Å²) in [5, 5.41) is 3.14. The maximum absolute atomic E-state index is 12.8.